The van der Waals surface area contributed by atoms with Crippen molar-refractivity contribution >= 4 is 11.9 Å². The van der Waals surface area contributed by atoms with Crippen LogP contribution in [0.5, 0.6) is 5.75 Å². The second-order valence-electron chi connectivity index (χ2n) is 8.63. The molecule has 3 heterocycles. The van der Waals surface area contributed by atoms with E-state index in [1.54, 1.807) is 7.11 Å². The minimum Gasteiger partial charge on any atom is -0.497 e. The molecule has 2 saturated heterocycles. The average Bonchev–Trinajstić information content (AvgIpc) is 2.84. The number of rotatable bonds is 6. The number of amides is 1. The van der Waals surface area contributed by atoms with Crippen LogP contribution in [0.2, 0.25) is 0 Å². The Balaban J connectivity index is 1.57. The van der Waals surface area contributed by atoms with E-state index in [0.29, 0.717) is 32.2 Å². The van der Waals surface area contributed by atoms with Gasteiger partial charge in [0.1, 0.15) is 11.9 Å². The molecule has 172 valence electrons. The third kappa shape index (κ3) is 5.19. The first-order valence-corrected chi connectivity index (χ1v) is 11.4. The molecule has 8 nitrogen and oxygen atoms in total. The summed E-state index contributed by atoms with van der Waals surface area (Å²) >= 11 is 0. The van der Waals surface area contributed by atoms with E-state index in [2.05, 4.69) is 9.88 Å². The van der Waals surface area contributed by atoms with E-state index in [-0.39, 0.29) is 12.0 Å². The lowest BCUT2D eigenvalue weighted by Crippen LogP contribution is -2.47. The van der Waals surface area contributed by atoms with Gasteiger partial charge in [-0.25, -0.2) is 9.97 Å². The van der Waals surface area contributed by atoms with Gasteiger partial charge in [-0.3, -0.25) is 9.69 Å². The summed E-state index contributed by atoms with van der Waals surface area (Å²) in [6.45, 7) is 4.13. The van der Waals surface area contributed by atoms with Crippen LogP contribution in [-0.4, -0.2) is 86.2 Å². The van der Waals surface area contributed by atoms with Crippen LogP contribution < -0.4 is 9.64 Å². The number of anilines is 1. The predicted molar refractivity (Wildman–Crippen MR) is 124 cm³/mol. The van der Waals surface area contributed by atoms with Crippen LogP contribution in [0.25, 0.3) is 11.1 Å². The van der Waals surface area contributed by atoms with E-state index in [1.165, 1.54) is 19.3 Å². The van der Waals surface area contributed by atoms with Gasteiger partial charge in [-0.15, -0.1) is 0 Å². The summed E-state index contributed by atoms with van der Waals surface area (Å²) in [7, 11) is 5.49. The van der Waals surface area contributed by atoms with Crippen molar-refractivity contribution in [3.8, 4) is 16.9 Å². The van der Waals surface area contributed by atoms with Crippen molar-refractivity contribution in [3.63, 3.8) is 0 Å². The number of piperidine rings is 1. The fourth-order valence-corrected chi connectivity index (χ4v) is 4.29. The topological polar surface area (TPSA) is 71.0 Å². The molecule has 8 heteroatoms. The van der Waals surface area contributed by atoms with Crippen molar-refractivity contribution in [1.82, 2.24) is 19.8 Å². The highest BCUT2D eigenvalue weighted by molar-refractivity contribution is 5.78. The van der Waals surface area contributed by atoms with Gasteiger partial charge in [0.15, 0.2) is 0 Å². The highest BCUT2D eigenvalue weighted by Crippen LogP contribution is 2.32. The molecule has 0 spiro atoms. The van der Waals surface area contributed by atoms with Gasteiger partial charge in [0.05, 0.1) is 32.5 Å². The van der Waals surface area contributed by atoms with E-state index in [1.807, 2.05) is 54.4 Å². The van der Waals surface area contributed by atoms with Crippen LogP contribution in [0.15, 0.2) is 30.5 Å². The van der Waals surface area contributed by atoms with E-state index in [9.17, 15) is 4.79 Å². The second kappa shape index (κ2) is 10.3. The first-order chi connectivity index (χ1) is 15.5. The van der Waals surface area contributed by atoms with Crippen LogP contribution in [0, 0.1) is 0 Å². The molecule has 4 rings (SSSR count). The standard InChI is InChI=1S/C24H33N5O3/c1-27(2)24-25-15-20(18-7-9-19(31-3)10-8-18)23(26-24)21-16-29(13-14-32-21)22(30)17-28-11-5-4-6-12-28/h7-10,15,21H,4-6,11-14,16-17H2,1-3H3/t21-/m0/s1. The SMILES string of the molecule is COc1ccc(-c2cnc(N(C)C)nc2[C@@H]2CN(C(=O)CN3CCCCC3)CCO2)cc1. The molecule has 0 N–H and O–H groups in total. The molecule has 1 aromatic heterocycles. The maximum atomic E-state index is 13.0. The second-order valence-corrected chi connectivity index (χ2v) is 8.63. The number of ether oxygens (including phenoxy) is 2. The fraction of sp³-hybridized carbons (Fsp3) is 0.542. The third-order valence-corrected chi connectivity index (χ3v) is 6.14. The normalized spacial score (nSPS) is 19.6. The van der Waals surface area contributed by atoms with Gasteiger partial charge in [-0.05, 0) is 43.6 Å². The minimum atomic E-state index is -0.298. The zero-order chi connectivity index (χ0) is 22.5. The molecule has 1 aromatic carbocycles. The number of hydrogen-bond donors (Lipinski definition) is 0. The third-order valence-electron chi connectivity index (χ3n) is 6.14. The number of nitrogens with zero attached hydrogens (tertiary/aromatic N) is 5. The van der Waals surface area contributed by atoms with Crippen LogP contribution in [0.1, 0.15) is 31.1 Å². The number of morpholine rings is 1. The number of carbonyl (C=O) groups is 1. The van der Waals surface area contributed by atoms with Gasteiger partial charge in [0, 0.05) is 32.4 Å². The Labute approximate surface area is 190 Å². The Hall–Kier alpha value is -2.71. The summed E-state index contributed by atoms with van der Waals surface area (Å²) in [4.78, 5) is 28.5. The van der Waals surface area contributed by atoms with Gasteiger partial charge in [-0.2, -0.15) is 0 Å². The van der Waals surface area contributed by atoms with Gasteiger partial charge >= 0.3 is 0 Å². The lowest BCUT2D eigenvalue weighted by Gasteiger charge is -2.35. The van der Waals surface area contributed by atoms with Crippen molar-refractivity contribution in [1.29, 1.82) is 0 Å². The fourth-order valence-electron chi connectivity index (χ4n) is 4.29. The van der Waals surface area contributed by atoms with Crippen molar-refractivity contribution in [3.05, 3.63) is 36.2 Å². The summed E-state index contributed by atoms with van der Waals surface area (Å²) in [5.41, 5.74) is 2.71. The number of benzene rings is 1. The van der Waals surface area contributed by atoms with Gasteiger partial charge in [0.25, 0.3) is 0 Å². The smallest absolute Gasteiger partial charge is 0.236 e. The zero-order valence-corrected chi connectivity index (χ0v) is 19.3. The van der Waals surface area contributed by atoms with Crippen molar-refractivity contribution in [2.24, 2.45) is 0 Å². The average molecular weight is 440 g/mol. The van der Waals surface area contributed by atoms with Crippen molar-refractivity contribution in [2.45, 2.75) is 25.4 Å². The first-order valence-electron chi connectivity index (χ1n) is 11.4. The number of hydrogen-bond acceptors (Lipinski definition) is 7. The summed E-state index contributed by atoms with van der Waals surface area (Å²) in [6.07, 6.45) is 5.17. The van der Waals surface area contributed by atoms with Gasteiger partial charge in [0.2, 0.25) is 11.9 Å². The molecule has 2 aromatic rings. The Morgan fingerprint density at radius 3 is 2.59 bits per heavy atom. The molecule has 0 aliphatic carbocycles. The highest BCUT2D eigenvalue weighted by Gasteiger charge is 2.30. The van der Waals surface area contributed by atoms with Crippen molar-refractivity contribution < 1.29 is 14.3 Å². The van der Waals surface area contributed by atoms with Crippen LogP contribution in [0.3, 0.4) is 0 Å². The highest BCUT2D eigenvalue weighted by atomic mass is 16.5. The summed E-state index contributed by atoms with van der Waals surface area (Å²) in [5.74, 6) is 1.59. The molecule has 0 radical (unpaired) electrons. The summed E-state index contributed by atoms with van der Waals surface area (Å²) in [6, 6.07) is 7.85. The number of likely N-dealkylation sites (tertiary alicyclic amines) is 1. The molecule has 0 unspecified atom stereocenters. The monoisotopic (exact) mass is 439 g/mol. The predicted octanol–water partition coefficient (Wildman–Crippen LogP) is 2.60. The van der Waals surface area contributed by atoms with Gasteiger partial charge in [-0.1, -0.05) is 18.6 Å². The Morgan fingerprint density at radius 2 is 1.91 bits per heavy atom. The molecule has 2 aliphatic heterocycles. The molecule has 1 atom stereocenters. The molecular weight excluding hydrogens is 406 g/mol. The summed E-state index contributed by atoms with van der Waals surface area (Å²) < 4.78 is 11.4. The van der Waals surface area contributed by atoms with Crippen molar-refractivity contribution in [2.75, 3.05) is 65.4 Å². The lowest BCUT2D eigenvalue weighted by atomic mass is 10.0. The van der Waals surface area contributed by atoms with E-state index >= 15 is 0 Å². The van der Waals surface area contributed by atoms with Crippen LogP contribution in [-0.2, 0) is 9.53 Å². The van der Waals surface area contributed by atoms with Gasteiger partial charge < -0.3 is 19.3 Å². The molecule has 0 bridgehead atoms. The molecule has 2 aliphatic rings. The Bertz CT molecular complexity index is 912. The number of aromatic nitrogens is 2. The maximum Gasteiger partial charge on any atom is 0.236 e. The maximum absolute atomic E-state index is 13.0. The minimum absolute atomic E-state index is 0.174. The van der Waals surface area contributed by atoms with E-state index < -0.39 is 0 Å². The van der Waals surface area contributed by atoms with Crippen LogP contribution >= 0.6 is 0 Å². The number of methoxy groups -OCH3 is 1. The molecule has 0 saturated carbocycles. The largest absolute Gasteiger partial charge is 0.497 e. The van der Waals surface area contributed by atoms with Crippen LogP contribution in [0.4, 0.5) is 5.95 Å². The first kappa shape index (κ1) is 22.5. The molecule has 2 fully saturated rings. The summed E-state index contributed by atoms with van der Waals surface area (Å²) in [5, 5.41) is 0. The van der Waals surface area contributed by atoms with E-state index in [0.717, 1.165) is 35.7 Å². The Kier molecular flexibility index (Phi) is 7.22. The molecular formula is C24H33N5O3. The zero-order valence-electron chi connectivity index (χ0n) is 19.3. The quantitative estimate of drug-likeness (QED) is 0.685. The lowest BCUT2D eigenvalue weighted by molar-refractivity contribution is -0.140. The molecule has 32 heavy (non-hydrogen) atoms. The van der Waals surface area contributed by atoms with E-state index in [4.69, 9.17) is 14.5 Å². The number of carbonyl (C=O) groups excluding carboxylic acids is 1. The Morgan fingerprint density at radius 1 is 1.16 bits per heavy atom. The molecule has 1 amide bonds.